The van der Waals surface area contributed by atoms with Gasteiger partial charge in [-0.15, -0.1) is 0 Å². The second kappa shape index (κ2) is 12.1. The minimum Gasteiger partial charge on any atom is -0.444 e. The fourth-order valence-corrected chi connectivity index (χ4v) is 6.05. The number of fused-ring (bicyclic) bond motifs is 1. The molecule has 10 nitrogen and oxygen atoms in total. The molecule has 212 valence electrons. The molecule has 0 N–H and O–H groups in total. The van der Waals surface area contributed by atoms with Crippen LogP contribution in [0, 0.1) is 0 Å². The van der Waals surface area contributed by atoms with Gasteiger partial charge in [-0.2, -0.15) is 10.1 Å². The van der Waals surface area contributed by atoms with Crippen LogP contribution in [0.1, 0.15) is 82.5 Å². The van der Waals surface area contributed by atoms with Crippen molar-refractivity contribution in [3.63, 3.8) is 0 Å². The summed E-state index contributed by atoms with van der Waals surface area (Å²) in [5.41, 5.74) is 1.42. The lowest BCUT2D eigenvalue weighted by Crippen LogP contribution is -2.39. The van der Waals surface area contributed by atoms with Crippen molar-refractivity contribution in [1.82, 2.24) is 24.8 Å². The Morgan fingerprint density at radius 2 is 2.03 bits per heavy atom. The molecule has 4 heterocycles. The van der Waals surface area contributed by atoms with E-state index in [-0.39, 0.29) is 12.3 Å². The molecule has 39 heavy (non-hydrogen) atoms. The molecule has 0 saturated carbocycles. The maximum atomic E-state index is 12.6. The SMILES string of the molecule is CC(C)(C)OC(=O)N1CCCOC(c2noc(CCCc3c(Cl)cc4c(cnn4C4CCCCO4)c3Br)n2)C1. The Bertz CT molecular complexity index is 1300. The summed E-state index contributed by atoms with van der Waals surface area (Å²) in [7, 11) is 0. The second-order valence-electron chi connectivity index (χ2n) is 11.0. The van der Waals surface area contributed by atoms with E-state index in [9.17, 15) is 4.79 Å². The average molecular weight is 625 g/mol. The summed E-state index contributed by atoms with van der Waals surface area (Å²) in [4.78, 5) is 18.8. The number of carbonyl (C=O) groups excluding carboxylic acids is 1. The molecule has 12 heteroatoms. The largest absolute Gasteiger partial charge is 0.444 e. The molecule has 3 aromatic rings. The second-order valence-corrected chi connectivity index (χ2v) is 12.2. The minimum absolute atomic E-state index is 0.0505. The Morgan fingerprint density at radius 3 is 2.79 bits per heavy atom. The zero-order chi connectivity index (χ0) is 27.6. The molecule has 2 unspecified atom stereocenters. The first-order valence-electron chi connectivity index (χ1n) is 13.6. The van der Waals surface area contributed by atoms with Crippen molar-refractivity contribution in [1.29, 1.82) is 0 Å². The summed E-state index contributed by atoms with van der Waals surface area (Å²) in [6.07, 6.45) is 6.95. The van der Waals surface area contributed by atoms with Crippen LogP contribution in [0.3, 0.4) is 0 Å². The molecule has 0 spiro atoms. The minimum atomic E-state index is -0.564. The van der Waals surface area contributed by atoms with Crippen molar-refractivity contribution in [3.8, 4) is 0 Å². The fraction of sp³-hybridized carbons (Fsp3) is 0.630. The number of nitrogens with zero attached hydrogens (tertiary/aromatic N) is 5. The third-order valence-electron chi connectivity index (χ3n) is 6.83. The van der Waals surface area contributed by atoms with Crippen LogP contribution >= 0.6 is 27.5 Å². The molecule has 2 aliphatic rings. The monoisotopic (exact) mass is 623 g/mol. The summed E-state index contributed by atoms with van der Waals surface area (Å²) in [5, 5.41) is 10.5. The molecular formula is C27H35BrClN5O5. The summed E-state index contributed by atoms with van der Waals surface area (Å²) < 4.78 is 25.8. The van der Waals surface area contributed by atoms with E-state index in [4.69, 9.17) is 30.3 Å². The van der Waals surface area contributed by atoms with Gasteiger partial charge >= 0.3 is 6.09 Å². The highest BCUT2D eigenvalue weighted by Crippen LogP contribution is 2.36. The van der Waals surface area contributed by atoms with Gasteiger partial charge in [0.2, 0.25) is 11.7 Å². The van der Waals surface area contributed by atoms with Gasteiger partial charge in [-0.05, 0) is 86.9 Å². The lowest BCUT2D eigenvalue weighted by molar-refractivity contribution is -0.0366. The van der Waals surface area contributed by atoms with Crippen LogP contribution in [-0.2, 0) is 27.1 Å². The van der Waals surface area contributed by atoms with Crippen molar-refractivity contribution in [2.24, 2.45) is 0 Å². The predicted octanol–water partition coefficient (Wildman–Crippen LogP) is 6.41. The number of aryl methyl sites for hydroxylation is 1. The summed E-state index contributed by atoms with van der Waals surface area (Å²) >= 11 is 10.5. The molecule has 5 rings (SSSR count). The maximum absolute atomic E-state index is 12.6. The number of hydrogen-bond acceptors (Lipinski definition) is 8. The third-order valence-corrected chi connectivity index (χ3v) is 8.08. The fourth-order valence-electron chi connectivity index (χ4n) is 4.92. The first-order chi connectivity index (χ1) is 18.7. The van der Waals surface area contributed by atoms with E-state index in [1.165, 1.54) is 0 Å². The normalized spacial score (nSPS) is 20.8. The van der Waals surface area contributed by atoms with Gasteiger partial charge in [0.05, 0.1) is 18.3 Å². The van der Waals surface area contributed by atoms with Crippen molar-refractivity contribution < 1.29 is 23.5 Å². The molecule has 0 radical (unpaired) electrons. The Kier molecular flexibility index (Phi) is 8.80. The Hall–Kier alpha value is -2.21. The molecule has 2 fully saturated rings. The summed E-state index contributed by atoms with van der Waals surface area (Å²) in [6, 6.07) is 1.98. The molecule has 1 aromatic carbocycles. The van der Waals surface area contributed by atoms with Gasteiger partial charge in [0.15, 0.2) is 6.23 Å². The van der Waals surface area contributed by atoms with Gasteiger partial charge in [0.1, 0.15) is 11.7 Å². The first-order valence-corrected chi connectivity index (χ1v) is 14.7. The number of benzene rings is 1. The lowest BCUT2D eigenvalue weighted by atomic mass is 10.1. The standard InChI is InChI=1S/C27H35BrClN5O5/c1-27(2,3)38-26(35)33-11-7-13-36-21(16-33)25-31-22(39-32-25)9-6-8-17-19(29)14-20-18(24(17)28)15-30-34(20)23-10-4-5-12-37-23/h14-15,21,23H,4-13,16H2,1-3H3. The van der Waals surface area contributed by atoms with E-state index in [1.54, 1.807) is 4.90 Å². The summed E-state index contributed by atoms with van der Waals surface area (Å²) in [6.45, 7) is 7.69. The van der Waals surface area contributed by atoms with E-state index in [1.807, 2.05) is 37.7 Å². The molecule has 2 atom stereocenters. The van der Waals surface area contributed by atoms with E-state index in [0.717, 1.165) is 59.7 Å². The van der Waals surface area contributed by atoms with Crippen LogP contribution in [-0.4, -0.2) is 62.8 Å². The topological polar surface area (TPSA) is 105 Å². The van der Waals surface area contributed by atoms with E-state index >= 15 is 0 Å². The van der Waals surface area contributed by atoms with Gasteiger partial charge in [0, 0.05) is 41.1 Å². The van der Waals surface area contributed by atoms with E-state index in [0.29, 0.717) is 49.3 Å². The van der Waals surface area contributed by atoms with Gasteiger partial charge in [-0.3, -0.25) is 0 Å². The van der Waals surface area contributed by atoms with Gasteiger partial charge in [0.25, 0.3) is 0 Å². The van der Waals surface area contributed by atoms with Gasteiger partial charge in [-0.1, -0.05) is 16.8 Å². The van der Waals surface area contributed by atoms with Crippen LogP contribution in [0.4, 0.5) is 4.79 Å². The van der Waals surface area contributed by atoms with Crippen LogP contribution in [0.25, 0.3) is 10.9 Å². The Morgan fingerprint density at radius 1 is 1.21 bits per heavy atom. The highest BCUT2D eigenvalue weighted by Gasteiger charge is 2.30. The summed E-state index contributed by atoms with van der Waals surface area (Å²) in [5.74, 6) is 0.968. The number of aromatic nitrogens is 4. The molecule has 2 aliphatic heterocycles. The van der Waals surface area contributed by atoms with Crippen LogP contribution in [0.2, 0.25) is 5.02 Å². The number of rotatable bonds is 6. The zero-order valence-electron chi connectivity index (χ0n) is 22.6. The van der Waals surface area contributed by atoms with Crippen LogP contribution in [0.5, 0.6) is 0 Å². The van der Waals surface area contributed by atoms with Crippen molar-refractivity contribution in [3.05, 3.63) is 39.0 Å². The van der Waals surface area contributed by atoms with E-state index in [2.05, 4.69) is 31.2 Å². The number of ether oxygens (including phenoxy) is 3. The zero-order valence-corrected chi connectivity index (χ0v) is 25.0. The molecule has 0 aliphatic carbocycles. The highest BCUT2D eigenvalue weighted by molar-refractivity contribution is 9.10. The lowest BCUT2D eigenvalue weighted by Gasteiger charge is -2.27. The quantitative estimate of drug-likeness (QED) is 0.310. The van der Waals surface area contributed by atoms with Crippen molar-refractivity contribution in [2.45, 2.75) is 83.6 Å². The maximum Gasteiger partial charge on any atom is 0.410 e. The Labute approximate surface area is 241 Å². The van der Waals surface area contributed by atoms with Gasteiger partial charge < -0.3 is 23.6 Å². The van der Waals surface area contributed by atoms with Crippen molar-refractivity contribution >= 4 is 44.5 Å². The molecule has 0 bridgehead atoms. The Balaban J connectivity index is 1.21. The van der Waals surface area contributed by atoms with Crippen molar-refractivity contribution in [2.75, 3.05) is 26.3 Å². The number of hydrogen-bond donors (Lipinski definition) is 0. The molecular weight excluding hydrogens is 590 g/mol. The third kappa shape index (κ3) is 6.75. The number of carbonyl (C=O) groups is 1. The number of amides is 1. The average Bonchev–Trinajstić information content (AvgIpc) is 3.46. The molecule has 2 saturated heterocycles. The van der Waals surface area contributed by atoms with Crippen LogP contribution < -0.4 is 0 Å². The molecule has 1 amide bonds. The smallest absolute Gasteiger partial charge is 0.410 e. The molecule has 2 aromatic heterocycles. The number of halogens is 2. The highest BCUT2D eigenvalue weighted by atomic mass is 79.9. The van der Waals surface area contributed by atoms with Crippen LogP contribution in [0.15, 0.2) is 21.3 Å². The predicted molar refractivity (Wildman–Crippen MR) is 149 cm³/mol. The van der Waals surface area contributed by atoms with E-state index < -0.39 is 11.7 Å². The van der Waals surface area contributed by atoms with Gasteiger partial charge in [-0.25, -0.2) is 9.48 Å². The first kappa shape index (κ1) is 28.3.